The Kier molecular flexibility index (Phi) is 3.06. The van der Waals surface area contributed by atoms with Crippen molar-refractivity contribution in [3.05, 3.63) is 34.9 Å². The van der Waals surface area contributed by atoms with Crippen LogP contribution in [0.15, 0.2) is 18.2 Å². The minimum Gasteiger partial charge on any atom is -0.310 e. The Balaban J connectivity index is 2.44. The van der Waals surface area contributed by atoms with E-state index < -0.39 is 0 Å². The number of hydrogen-bond acceptors (Lipinski definition) is 1. The largest absolute Gasteiger partial charge is 0.310 e. The molecule has 15 heavy (non-hydrogen) atoms. The number of hydrogen-bond donors (Lipinski definition) is 1. The van der Waals surface area contributed by atoms with Gasteiger partial charge in [0.25, 0.3) is 0 Å². The number of benzene rings is 1. The van der Waals surface area contributed by atoms with Gasteiger partial charge in [0.15, 0.2) is 0 Å². The van der Waals surface area contributed by atoms with E-state index in [1.807, 2.05) is 13.0 Å². The molecule has 1 aliphatic rings. The lowest BCUT2D eigenvalue weighted by molar-refractivity contribution is 0.442. The van der Waals surface area contributed by atoms with E-state index in [4.69, 9.17) is 0 Å². The molecule has 0 amide bonds. The van der Waals surface area contributed by atoms with Gasteiger partial charge in [0.05, 0.1) is 6.67 Å². The van der Waals surface area contributed by atoms with Gasteiger partial charge in [-0.15, -0.1) is 0 Å². The van der Waals surface area contributed by atoms with Crippen LogP contribution in [0.5, 0.6) is 0 Å². The molecule has 0 radical (unpaired) electrons. The van der Waals surface area contributed by atoms with Gasteiger partial charge in [-0.3, -0.25) is 4.39 Å². The number of rotatable bonds is 2. The molecule has 0 aliphatic carbocycles. The second-order valence-electron chi connectivity index (χ2n) is 4.40. The van der Waals surface area contributed by atoms with Crippen LogP contribution < -0.4 is 5.32 Å². The Labute approximate surface area is 90.7 Å². The Morgan fingerprint density at radius 1 is 1.53 bits per heavy atom. The average Bonchev–Trinajstić information content (AvgIpc) is 2.28. The molecule has 0 spiro atoms. The summed E-state index contributed by atoms with van der Waals surface area (Å²) >= 11 is 0. The van der Waals surface area contributed by atoms with E-state index in [0.29, 0.717) is 6.04 Å². The van der Waals surface area contributed by atoms with Gasteiger partial charge in [0.2, 0.25) is 0 Å². The van der Waals surface area contributed by atoms with E-state index in [0.717, 1.165) is 13.0 Å². The molecule has 1 heterocycles. The summed E-state index contributed by atoms with van der Waals surface area (Å²) in [6.45, 7) is 4.87. The summed E-state index contributed by atoms with van der Waals surface area (Å²) in [4.78, 5) is 0. The van der Waals surface area contributed by atoms with Crippen LogP contribution >= 0.6 is 0 Å². The molecule has 2 rings (SSSR count). The molecule has 0 aromatic heterocycles. The van der Waals surface area contributed by atoms with Crippen molar-refractivity contribution in [2.75, 3.05) is 13.2 Å². The first kappa shape index (κ1) is 10.6. The number of fused-ring (bicyclic) bond motifs is 1. The highest BCUT2D eigenvalue weighted by Crippen LogP contribution is 2.29. The highest BCUT2D eigenvalue weighted by atomic mass is 19.1. The molecule has 1 aromatic rings. The van der Waals surface area contributed by atoms with Crippen molar-refractivity contribution in [2.24, 2.45) is 0 Å². The fraction of sp³-hybridized carbons (Fsp3) is 0.538. The van der Waals surface area contributed by atoms with E-state index in [2.05, 4.69) is 24.4 Å². The molecule has 2 heteroatoms. The average molecular weight is 207 g/mol. The van der Waals surface area contributed by atoms with E-state index in [1.54, 1.807) is 0 Å². The van der Waals surface area contributed by atoms with Crippen molar-refractivity contribution in [1.82, 2.24) is 5.32 Å². The highest BCUT2D eigenvalue weighted by molar-refractivity contribution is 5.40. The second-order valence-corrected chi connectivity index (χ2v) is 4.40. The quantitative estimate of drug-likeness (QED) is 0.786. The van der Waals surface area contributed by atoms with E-state index in [9.17, 15) is 4.39 Å². The summed E-state index contributed by atoms with van der Waals surface area (Å²) in [5.41, 5.74) is 3.91. The lowest BCUT2D eigenvalue weighted by Crippen LogP contribution is -2.28. The maximum absolute atomic E-state index is 12.7. The zero-order valence-corrected chi connectivity index (χ0v) is 9.39. The zero-order chi connectivity index (χ0) is 10.8. The highest BCUT2D eigenvalue weighted by Gasteiger charge is 2.20. The number of halogens is 1. The summed E-state index contributed by atoms with van der Waals surface area (Å²) in [6.07, 6.45) is 1.03. The SMILES string of the molecule is CC(CF)c1cccc2c1CCNC2C. The molecule has 0 fully saturated rings. The maximum Gasteiger partial charge on any atom is 0.0960 e. The van der Waals surface area contributed by atoms with Crippen LogP contribution in [0.2, 0.25) is 0 Å². The Morgan fingerprint density at radius 2 is 2.33 bits per heavy atom. The normalized spacial score (nSPS) is 22.2. The smallest absolute Gasteiger partial charge is 0.0960 e. The van der Waals surface area contributed by atoms with Gasteiger partial charge in [0.1, 0.15) is 0 Å². The summed E-state index contributed by atoms with van der Waals surface area (Å²) in [7, 11) is 0. The second kappa shape index (κ2) is 4.31. The molecule has 0 saturated carbocycles. The standard InChI is InChI=1S/C13H18FN/c1-9(8-14)11-4-3-5-12-10(2)15-7-6-13(11)12/h3-5,9-10,15H,6-8H2,1-2H3. The van der Waals surface area contributed by atoms with Crippen molar-refractivity contribution in [1.29, 1.82) is 0 Å². The minimum absolute atomic E-state index is 0.0326. The predicted molar refractivity (Wildman–Crippen MR) is 61.0 cm³/mol. The molecular weight excluding hydrogens is 189 g/mol. The molecular formula is C13H18FN. The van der Waals surface area contributed by atoms with Gasteiger partial charge in [-0.2, -0.15) is 0 Å². The third-order valence-electron chi connectivity index (χ3n) is 3.30. The molecule has 0 bridgehead atoms. The summed E-state index contributed by atoms with van der Waals surface area (Å²) in [6, 6.07) is 6.67. The van der Waals surface area contributed by atoms with Crippen LogP contribution in [0.4, 0.5) is 4.39 Å². The van der Waals surface area contributed by atoms with E-state index in [-0.39, 0.29) is 12.6 Å². The lowest BCUT2D eigenvalue weighted by atomic mass is 9.86. The fourth-order valence-corrected chi connectivity index (χ4v) is 2.39. The number of nitrogens with one attached hydrogen (secondary N) is 1. The van der Waals surface area contributed by atoms with E-state index >= 15 is 0 Å². The van der Waals surface area contributed by atoms with Crippen molar-refractivity contribution < 1.29 is 4.39 Å². The molecule has 1 aromatic carbocycles. The molecule has 2 unspecified atom stereocenters. The Hall–Kier alpha value is -0.890. The van der Waals surface area contributed by atoms with Crippen LogP contribution in [-0.2, 0) is 6.42 Å². The van der Waals surface area contributed by atoms with Crippen molar-refractivity contribution in [2.45, 2.75) is 32.2 Å². The van der Waals surface area contributed by atoms with Gasteiger partial charge in [0, 0.05) is 12.0 Å². The van der Waals surface area contributed by atoms with E-state index in [1.165, 1.54) is 16.7 Å². The maximum atomic E-state index is 12.7. The molecule has 1 nitrogen and oxygen atoms in total. The minimum atomic E-state index is -0.266. The van der Waals surface area contributed by atoms with Crippen molar-refractivity contribution in [3.8, 4) is 0 Å². The summed E-state index contributed by atoms with van der Waals surface area (Å²) in [5.74, 6) is 0.0326. The van der Waals surface area contributed by atoms with Crippen molar-refractivity contribution >= 4 is 0 Å². The monoisotopic (exact) mass is 207 g/mol. The van der Waals surface area contributed by atoms with Crippen LogP contribution in [0.1, 0.15) is 42.5 Å². The predicted octanol–water partition coefficient (Wildman–Crippen LogP) is 2.97. The third kappa shape index (κ3) is 1.91. The molecule has 82 valence electrons. The lowest BCUT2D eigenvalue weighted by Gasteiger charge is -2.27. The Bertz CT molecular complexity index is 348. The van der Waals surface area contributed by atoms with Crippen LogP contribution in [-0.4, -0.2) is 13.2 Å². The first-order valence-corrected chi connectivity index (χ1v) is 5.65. The van der Waals surface area contributed by atoms with Crippen LogP contribution in [0, 0.1) is 0 Å². The van der Waals surface area contributed by atoms with Gasteiger partial charge < -0.3 is 5.32 Å². The first-order chi connectivity index (χ1) is 7.24. The summed E-state index contributed by atoms with van der Waals surface area (Å²) in [5, 5.41) is 3.43. The van der Waals surface area contributed by atoms with Gasteiger partial charge >= 0.3 is 0 Å². The van der Waals surface area contributed by atoms with Gasteiger partial charge in [-0.25, -0.2) is 0 Å². The Morgan fingerprint density at radius 3 is 3.07 bits per heavy atom. The molecule has 1 N–H and O–H groups in total. The van der Waals surface area contributed by atoms with Crippen LogP contribution in [0.3, 0.4) is 0 Å². The number of alkyl halides is 1. The van der Waals surface area contributed by atoms with Crippen LogP contribution in [0.25, 0.3) is 0 Å². The third-order valence-corrected chi connectivity index (χ3v) is 3.30. The molecule has 2 atom stereocenters. The van der Waals surface area contributed by atoms with Crippen molar-refractivity contribution in [3.63, 3.8) is 0 Å². The zero-order valence-electron chi connectivity index (χ0n) is 9.39. The van der Waals surface area contributed by atoms with Gasteiger partial charge in [-0.1, -0.05) is 25.1 Å². The first-order valence-electron chi connectivity index (χ1n) is 5.65. The van der Waals surface area contributed by atoms with Gasteiger partial charge in [-0.05, 0) is 36.6 Å². The molecule has 1 aliphatic heterocycles. The topological polar surface area (TPSA) is 12.0 Å². The fourth-order valence-electron chi connectivity index (χ4n) is 2.39. The summed E-state index contributed by atoms with van der Waals surface area (Å²) < 4.78 is 12.7. The molecule has 0 saturated heterocycles.